The van der Waals surface area contributed by atoms with Crippen LogP contribution in [0.1, 0.15) is 51.8 Å². The van der Waals surface area contributed by atoms with Crippen molar-refractivity contribution in [3.05, 3.63) is 29.5 Å². The van der Waals surface area contributed by atoms with E-state index in [0.29, 0.717) is 5.52 Å². The Morgan fingerprint density at radius 3 is 2.68 bits per heavy atom. The van der Waals surface area contributed by atoms with E-state index in [1.807, 2.05) is 32.9 Å². The zero-order chi connectivity index (χ0) is 16.3. The summed E-state index contributed by atoms with van der Waals surface area (Å²) in [6.45, 7) is 7.53. The van der Waals surface area contributed by atoms with E-state index < -0.39 is 11.7 Å². The maximum Gasteiger partial charge on any atom is 0.435 e. The number of hydrogen-bond acceptors (Lipinski definition) is 4. The SMILES string of the molecule is CCCCc1nn(C(=O)OC(C)(C)C)c2cc(CO)ccc12. The van der Waals surface area contributed by atoms with Gasteiger partial charge in [-0.1, -0.05) is 25.5 Å². The van der Waals surface area contributed by atoms with E-state index in [1.165, 1.54) is 4.68 Å². The van der Waals surface area contributed by atoms with E-state index in [2.05, 4.69) is 12.0 Å². The lowest BCUT2D eigenvalue weighted by atomic mass is 10.1. The van der Waals surface area contributed by atoms with Gasteiger partial charge < -0.3 is 9.84 Å². The van der Waals surface area contributed by atoms with Gasteiger partial charge in [-0.15, -0.1) is 0 Å². The molecule has 0 unspecified atom stereocenters. The van der Waals surface area contributed by atoms with Crippen LogP contribution in [-0.2, 0) is 17.8 Å². The van der Waals surface area contributed by atoms with Crippen molar-refractivity contribution in [3.8, 4) is 0 Å². The van der Waals surface area contributed by atoms with Gasteiger partial charge in [0.25, 0.3) is 0 Å². The van der Waals surface area contributed by atoms with Gasteiger partial charge in [0, 0.05) is 5.39 Å². The summed E-state index contributed by atoms with van der Waals surface area (Å²) in [5, 5.41) is 14.7. The Morgan fingerprint density at radius 1 is 1.36 bits per heavy atom. The Bertz CT molecular complexity index is 668. The molecule has 1 aromatic carbocycles. The highest BCUT2D eigenvalue weighted by atomic mass is 16.6. The third kappa shape index (κ3) is 3.65. The number of nitrogens with zero attached hydrogens (tertiary/aromatic N) is 2. The van der Waals surface area contributed by atoms with Crippen molar-refractivity contribution in [2.24, 2.45) is 0 Å². The maximum absolute atomic E-state index is 12.4. The summed E-state index contributed by atoms with van der Waals surface area (Å²) in [6.07, 6.45) is 2.41. The molecule has 1 aromatic heterocycles. The number of benzene rings is 1. The highest BCUT2D eigenvalue weighted by Crippen LogP contribution is 2.23. The molecule has 2 rings (SSSR count). The molecule has 0 saturated heterocycles. The van der Waals surface area contributed by atoms with Crippen molar-refractivity contribution >= 4 is 17.0 Å². The Labute approximate surface area is 130 Å². The number of aliphatic hydroxyl groups excluding tert-OH is 1. The number of fused-ring (bicyclic) bond motifs is 1. The second kappa shape index (κ2) is 6.48. The molecule has 22 heavy (non-hydrogen) atoms. The fourth-order valence-electron chi connectivity index (χ4n) is 2.30. The molecular weight excluding hydrogens is 280 g/mol. The van der Waals surface area contributed by atoms with Crippen LogP contribution in [0.2, 0.25) is 0 Å². The van der Waals surface area contributed by atoms with E-state index in [9.17, 15) is 9.90 Å². The number of unbranched alkanes of at least 4 members (excludes halogenated alkanes) is 1. The Balaban J connectivity index is 2.49. The third-order valence-corrected chi connectivity index (χ3v) is 3.34. The second-order valence-electron chi connectivity index (χ2n) is 6.45. The largest absolute Gasteiger partial charge is 0.442 e. The summed E-state index contributed by atoms with van der Waals surface area (Å²) in [7, 11) is 0. The number of aryl methyl sites for hydroxylation is 1. The minimum Gasteiger partial charge on any atom is -0.442 e. The Morgan fingerprint density at radius 2 is 2.09 bits per heavy atom. The quantitative estimate of drug-likeness (QED) is 0.936. The molecule has 0 aliphatic carbocycles. The molecule has 120 valence electrons. The summed E-state index contributed by atoms with van der Waals surface area (Å²) in [4.78, 5) is 12.4. The average Bonchev–Trinajstić information content (AvgIpc) is 2.81. The third-order valence-electron chi connectivity index (χ3n) is 3.34. The molecule has 0 fully saturated rings. The van der Waals surface area contributed by atoms with Gasteiger partial charge in [0.15, 0.2) is 0 Å². The number of ether oxygens (including phenoxy) is 1. The van der Waals surface area contributed by atoms with Crippen molar-refractivity contribution < 1.29 is 14.6 Å². The van der Waals surface area contributed by atoms with Gasteiger partial charge in [-0.05, 0) is 45.2 Å². The Kier molecular flexibility index (Phi) is 4.86. The van der Waals surface area contributed by atoms with Gasteiger partial charge in [0.1, 0.15) is 5.60 Å². The van der Waals surface area contributed by atoms with E-state index in [4.69, 9.17) is 4.74 Å². The zero-order valence-corrected chi connectivity index (χ0v) is 13.7. The second-order valence-corrected chi connectivity index (χ2v) is 6.45. The molecule has 0 aliphatic rings. The summed E-state index contributed by atoms with van der Waals surface area (Å²) in [5.74, 6) is 0. The predicted octanol–water partition coefficient (Wildman–Crippen LogP) is 3.65. The van der Waals surface area contributed by atoms with Crippen molar-refractivity contribution in [2.45, 2.75) is 59.2 Å². The standard InChI is InChI=1S/C17H24N2O3/c1-5-6-7-14-13-9-8-12(11-20)10-15(13)19(18-14)16(21)22-17(2,3)4/h8-10,20H,5-7,11H2,1-4H3. The van der Waals surface area contributed by atoms with Crippen molar-refractivity contribution in [2.75, 3.05) is 0 Å². The molecule has 2 aromatic rings. The first-order valence-electron chi connectivity index (χ1n) is 7.70. The highest BCUT2D eigenvalue weighted by Gasteiger charge is 2.22. The fraction of sp³-hybridized carbons (Fsp3) is 0.529. The smallest absolute Gasteiger partial charge is 0.435 e. The first kappa shape index (κ1) is 16.5. The number of carbonyl (C=O) groups excluding carboxylic acids is 1. The molecule has 0 saturated carbocycles. The molecule has 0 amide bonds. The van der Waals surface area contributed by atoms with Crippen molar-refractivity contribution in [1.82, 2.24) is 9.78 Å². The van der Waals surface area contributed by atoms with E-state index in [0.717, 1.165) is 35.9 Å². The van der Waals surface area contributed by atoms with Crippen LogP contribution in [-0.4, -0.2) is 26.6 Å². The average molecular weight is 304 g/mol. The summed E-state index contributed by atoms with van der Waals surface area (Å²) < 4.78 is 6.73. The summed E-state index contributed by atoms with van der Waals surface area (Å²) >= 11 is 0. The Hall–Kier alpha value is -1.88. The molecule has 0 bridgehead atoms. The minimum absolute atomic E-state index is 0.0697. The van der Waals surface area contributed by atoms with Crippen molar-refractivity contribution in [3.63, 3.8) is 0 Å². The van der Waals surface area contributed by atoms with Crippen LogP contribution >= 0.6 is 0 Å². The zero-order valence-electron chi connectivity index (χ0n) is 13.7. The van der Waals surface area contributed by atoms with Gasteiger partial charge in [-0.2, -0.15) is 9.78 Å². The number of hydrogen-bond donors (Lipinski definition) is 1. The van der Waals surface area contributed by atoms with E-state index >= 15 is 0 Å². The molecule has 0 aliphatic heterocycles. The lowest BCUT2D eigenvalue weighted by Crippen LogP contribution is -2.27. The molecule has 1 N–H and O–H groups in total. The normalized spacial score (nSPS) is 11.9. The lowest BCUT2D eigenvalue weighted by Gasteiger charge is -2.19. The highest BCUT2D eigenvalue weighted by molar-refractivity contribution is 5.90. The van der Waals surface area contributed by atoms with Gasteiger partial charge in [-0.3, -0.25) is 0 Å². The summed E-state index contributed by atoms with van der Waals surface area (Å²) in [5.41, 5.74) is 1.76. The van der Waals surface area contributed by atoms with Crippen LogP contribution in [0.25, 0.3) is 10.9 Å². The first-order valence-corrected chi connectivity index (χ1v) is 7.70. The van der Waals surface area contributed by atoms with Crippen LogP contribution in [0.5, 0.6) is 0 Å². The van der Waals surface area contributed by atoms with Gasteiger partial charge in [0.2, 0.25) is 0 Å². The van der Waals surface area contributed by atoms with Crippen LogP contribution in [0.4, 0.5) is 4.79 Å². The van der Waals surface area contributed by atoms with E-state index in [1.54, 1.807) is 6.07 Å². The van der Waals surface area contributed by atoms with Crippen LogP contribution in [0, 0.1) is 0 Å². The minimum atomic E-state index is -0.576. The number of rotatable bonds is 4. The molecule has 0 spiro atoms. The number of carbonyl (C=O) groups is 1. The molecular formula is C17H24N2O3. The fourth-order valence-corrected chi connectivity index (χ4v) is 2.30. The van der Waals surface area contributed by atoms with Crippen LogP contribution < -0.4 is 0 Å². The summed E-state index contributed by atoms with van der Waals surface area (Å²) in [6, 6.07) is 5.57. The van der Waals surface area contributed by atoms with Gasteiger partial charge in [-0.25, -0.2) is 4.79 Å². The maximum atomic E-state index is 12.4. The van der Waals surface area contributed by atoms with Gasteiger partial charge >= 0.3 is 6.09 Å². The van der Waals surface area contributed by atoms with Crippen LogP contribution in [0.15, 0.2) is 18.2 Å². The van der Waals surface area contributed by atoms with Crippen LogP contribution in [0.3, 0.4) is 0 Å². The molecule has 0 radical (unpaired) electrons. The molecule has 1 heterocycles. The first-order chi connectivity index (χ1) is 10.4. The lowest BCUT2D eigenvalue weighted by molar-refractivity contribution is 0.0522. The molecule has 5 heteroatoms. The monoisotopic (exact) mass is 304 g/mol. The predicted molar refractivity (Wildman–Crippen MR) is 85.9 cm³/mol. The topological polar surface area (TPSA) is 64.4 Å². The van der Waals surface area contributed by atoms with Crippen molar-refractivity contribution in [1.29, 1.82) is 0 Å². The molecule has 5 nitrogen and oxygen atoms in total. The number of aliphatic hydroxyl groups is 1. The van der Waals surface area contributed by atoms with Gasteiger partial charge in [0.05, 0.1) is 17.8 Å². The number of aromatic nitrogens is 2. The van der Waals surface area contributed by atoms with E-state index in [-0.39, 0.29) is 6.61 Å². The molecule has 0 atom stereocenters.